The van der Waals surface area contributed by atoms with Gasteiger partial charge in [0.15, 0.2) is 11.5 Å². The molecule has 24 heavy (non-hydrogen) atoms. The van der Waals surface area contributed by atoms with Gasteiger partial charge in [0.25, 0.3) is 0 Å². The molecule has 0 spiro atoms. The molecule has 0 fully saturated rings. The minimum Gasteiger partial charge on any atom is -0.508 e. The molecule has 0 radical (unpaired) electrons. The van der Waals surface area contributed by atoms with E-state index in [0.717, 1.165) is 12.0 Å². The summed E-state index contributed by atoms with van der Waals surface area (Å²) >= 11 is 0. The van der Waals surface area contributed by atoms with Crippen LogP contribution in [0.15, 0.2) is 42.5 Å². The van der Waals surface area contributed by atoms with E-state index in [4.69, 9.17) is 9.47 Å². The van der Waals surface area contributed by atoms with Gasteiger partial charge in [-0.2, -0.15) is 0 Å². The molecule has 0 heterocycles. The van der Waals surface area contributed by atoms with Crippen molar-refractivity contribution in [3.8, 4) is 17.2 Å². The first-order valence-electron chi connectivity index (χ1n) is 7.86. The Morgan fingerprint density at radius 2 is 1.83 bits per heavy atom. The lowest BCUT2D eigenvalue weighted by Crippen LogP contribution is -2.14. The van der Waals surface area contributed by atoms with E-state index in [1.807, 2.05) is 19.1 Å². The number of ether oxygens (including phenoxy) is 2. The highest BCUT2D eigenvalue weighted by molar-refractivity contribution is 5.76. The molecular formula is C19H22O5. The van der Waals surface area contributed by atoms with Crippen LogP contribution in [-0.4, -0.2) is 29.9 Å². The van der Waals surface area contributed by atoms with E-state index in [9.17, 15) is 15.0 Å². The van der Waals surface area contributed by atoms with Gasteiger partial charge >= 0.3 is 5.97 Å². The molecule has 2 aromatic rings. The van der Waals surface area contributed by atoms with Gasteiger partial charge < -0.3 is 19.7 Å². The predicted molar refractivity (Wildman–Crippen MR) is 91.0 cm³/mol. The van der Waals surface area contributed by atoms with E-state index in [1.54, 1.807) is 25.3 Å². The maximum absolute atomic E-state index is 11.7. The molecule has 128 valence electrons. The van der Waals surface area contributed by atoms with Gasteiger partial charge in [-0.1, -0.05) is 25.1 Å². The predicted octanol–water partition coefficient (Wildman–Crippen LogP) is 3.60. The fraction of sp³-hybridized carbons (Fsp3) is 0.316. The number of methoxy groups -OCH3 is 1. The summed E-state index contributed by atoms with van der Waals surface area (Å²) in [6.45, 7) is 2.59. The maximum Gasteiger partial charge on any atom is 0.311 e. The van der Waals surface area contributed by atoms with Gasteiger partial charge in [-0.15, -0.1) is 0 Å². The summed E-state index contributed by atoms with van der Waals surface area (Å²) in [7, 11) is 1.57. The van der Waals surface area contributed by atoms with Crippen molar-refractivity contribution >= 4 is 5.97 Å². The first-order chi connectivity index (χ1) is 11.5. The average molecular weight is 330 g/mol. The highest BCUT2D eigenvalue weighted by atomic mass is 16.5. The van der Waals surface area contributed by atoms with Crippen LogP contribution >= 0.6 is 0 Å². The highest BCUT2D eigenvalue weighted by Gasteiger charge is 2.21. The number of benzene rings is 2. The van der Waals surface area contributed by atoms with Gasteiger partial charge in [-0.05, 0) is 48.2 Å². The average Bonchev–Trinajstić information content (AvgIpc) is 2.58. The summed E-state index contributed by atoms with van der Waals surface area (Å²) in [5.74, 6) is -0.247. The van der Waals surface area contributed by atoms with E-state index in [0.29, 0.717) is 30.1 Å². The zero-order chi connectivity index (χ0) is 17.5. The number of hydrogen-bond acceptors (Lipinski definition) is 4. The van der Waals surface area contributed by atoms with Gasteiger partial charge in [0, 0.05) is 0 Å². The fourth-order valence-electron chi connectivity index (χ4n) is 2.46. The zero-order valence-electron chi connectivity index (χ0n) is 13.9. The standard InChI is InChI=1S/C19H22O5/c1-3-10-24-18-12-13(4-9-17(18)23-2)11-16(19(21)22)14-5-7-15(20)8-6-14/h4-9,12,16,20H,3,10-11H2,1-2H3,(H,21,22). The van der Waals surface area contributed by atoms with Gasteiger partial charge in [-0.3, -0.25) is 4.79 Å². The normalized spacial score (nSPS) is 11.8. The lowest BCUT2D eigenvalue weighted by atomic mass is 9.92. The van der Waals surface area contributed by atoms with Crippen molar-refractivity contribution in [3.63, 3.8) is 0 Å². The number of carboxylic acids is 1. The Labute approximate surface area is 141 Å². The maximum atomic E-state index is 11.7. The SMILES string of the molecule is CCCOc1cc(CC(C(=O)O)c2ccc(O)cc2)ccc1OC. The van der Waals surface area contributed by atoms with Crippen LogP contribution in [0, 0.1) is 0 Å². The van der Waals surface area contributed by atoms with Crippen LogP contribution in [0.1, 0.15) is 30.4 Å². The highest BCUT2D eigenvalue weighted by Crippen LogP contribution is 2.31. The summed E-state index contributed by atoms with van der Waals surface area (Å²) in [4.78, 5) is 11.7. The van der Waals surface area contributed by atoms with Crippen molar-refractivity contribution in [2.75, 3.05) is 13.7 Å². The number of carboxylic acid groups (broad SMARTS) is 1. The molecule has 2 rings (SSSR count). The third-order valence-electron chi connectivity index (χ3n) is 3.72. The molecule has 0 bridgehead atoms. The molecule has 5 heteroatoms. The van der Waals surface area contributed by atoms with Crippen LogP contribution in [0.4, 0.5) is 0 Å². The molecule has 1 unspecified atom stereocenters. The van der Waals surface area contributed by atoms with Crippen molar-refractivity contribution in [1.29, 1.82) is 0 Å². The van der Waals surface area contributed by atoms with Crippen LogP contribution in [0.5, 0.6) is 17.2 Å². The molecule has 0 saturated carbocycles. The Morgan fingerprint density at radius 1 is 1.12 bits per heavy atom. The Hall–Kier alpha value is -2.69. The summed E-state index contributed by atoms with van der Waals surface area (Å²) in [6, 6.07) is 11.7. The van der Waals surface area contributed by atoms with Crippen LogP contribution in [0.2, 0.25) is 0 Å². The molecule has 0 amide bonds. The molecule has 0 saturated heterocycles. The quantitative estimate of drug-likeness (QED) is 0.773. The first-order valence-corrected chi connectivity index (χ1v) is 7.86. The van der Waals surface area contributed by atoms with Gasteiger partial charge in [0.2, 0.25) is 0 Å². The number of carbonyl (C=O) groups is 1. The molecule has 0 aliphatic carbocycles. The summed E-state index contributed by atoms with van der Waals surface area (Å²) in [6.07, 6.45) is 1.20. The smallest absolute Gasteiger partial charge is 0.311 e. The van der Waals surface area contributed by atoms with Gasteiger partial charge in [-0.25, -0.2) is 0 Å². The van der Waals surface area contributed by atoms with E-state index < -0.39 is 11.9 Å². The van der Waals surface area contributed by atoms with Crippen LogP contribution in [0.3, 0.4) is 0 Å². The van der Waals surface area contributed by atoms with Crippen LogP contribution in [0.25, 0.3) is 0 Å². The van der Waals surface area contributed by atoms with Gasteiger partial charge in [0.05, 0.1) is 19.6 Å². The van der Waals surface area contributed by atoms with E-state index in [1.165, 1.54) is 12.1 Å². The largest absolute Gasteiger partial charge is 0.508 e. The molecule has 2 N–H and O–H groups in total. The second-order valence-electron chi connectivity index (χ2n) is 5.52. The Bertz CT molecular complexity index is 679. The van der Waals surface area contributed by atoms with E-state index >= 15 is 0 Å². The van der Waals surface area contributed by atoms with Crippen molar-refractivity contribution in [3.05, 3.63) is 53.6 Å². The molecule has 0 aliphatic heterocycles. The lowest BCUT2D eigenvalue weighted by Gasteiger charge is -2.15. The number of phenolic OH excluding ortho intramolecular Hbond substituents is 1. The monoisotopic (exact) mass is 330 g/mol. The number of phenols is 1. The Kier molecular flexibility index (Phi) is 6.07. The van der Waals surface area contributed by atoms with Crippen molar-refractivity contribution in [2.24, 2.45) is 0 Å². The summed E-state index contributed by atoms with van der Waals surface area (Å²) < 4.78 is 11.0. The van der Waals surface area contributed by atoms with Gasteiger partial charge in [0.1, 0.15) is 5.75 Å². The molecule has 1 atom stereocenters. The zero-order valence-corrected chi connectivity index (χ0v) is 13.9. The second kappa shape index (κ2) is 8.24. The fourth-order valence-corrected chi connectivity index (χ4v) is 2.46. The number of aliphatic carboxylic acids is 1. The van der Waals surface area contributed by atoms with Crippen molar-refractivity contribution < 1.29 is 24.5 Å². The lowest BCUT2D eigenvalue weighted by molar-refractivity contribution is -0.138. The topological polar surface area (TPSA) is 76.0 Å². The minimum atomic E-state index is -0.910. The van der Waals surface area contributed by atoms with E-state index in [-0.39, 0.29) is 5.75 Å². The minimum absolute atomic E-state index is 0.114. The number of hydrogen-bond donors (Lipinski definition) is 2. The van der Waals surface area contributed by atoms with Crippen molar-refractivity contribution in [1.82, 2.24) is 0 Å². The Morgan fingerprint density at radius 3 is 2.42 bits per heavy atom. The van der Waals surface area contributed by atoms with Crippen LogP contribution in [-0.2, 0) is 11.2 Å². The molecule has 0 aliphatic rings. The van der Waals surface area contributed by atoms with Crippen molar-refractivity contribution in [2.45, 2.75) is 25.7 Å². The van der Waals surface area contributed by atoms with Crippen LogP contribution < -0.4 is 9.47 Å². The number of aromatic hydroxyl groups is 1. The summed E-state index contributed by atoms with van der Waals surface area (Å²) in [5.41, 5.74) is 1.49. The molecule has 0 aromatic heterocycles. The molecule has 2 aromatic carbocycles. The third-order valence-corrected chi connectivity index (χ3v) is 3.72. The third kappa shape index (κ3) is 4.41. The van der Waals surface area contributed by atoms with E-state index in [2.05, 4.69) is 0 Å². The molecular weight excluding hydrogens is 308 g/mol. The number of rotatable bonds is 8. The second-order valence-corrected chi connectivity index (χ2v) is 5.52. The first kappa shape index (κ1) is 17.7. The Balaban J connectivity index is 2.25. The summed E-state index contributed by atoms with van der Waals surface area (Å²) in [5, 5.41) is 18.9. The molecule has 5 nitrogen and oxygen atoms in total.